The van der Waals surface area contributed by atoms with Crippen molar-refractivity contribution in [1.82, 2.24) is 5.32 Å². The number of nitrogens with two attached hydrogens (primary N) is 1. The molecule has 0 spiro atoms. The van der Waals surface area contributed by atoms with Crippen LogP contribution in [0.4, 0.5) is 0 Å². The van der Waals surface area contributed by atoms with E-state index in [-0.39, 0.29) is 35.4 Å². The molecule has 0 radical (unpaired) electrons. The van der Waals surface area contributed by atoms with Crippen molar-refractivity contribution in [2.75, 3.05) is 6.54 Å². The number of carbonyl (C=O) groups is 1. The number of hydrogen-bond acceptors (Lipinski definition) is 5. The molecule has 1 amide bonds. The number of halogens is 1. The standard InChI is InChI=1S/C33H45ClN2O4Si/c1-22(16-24-8-7-9-25(17-24)29(32(35)39)18-23-10-13-28(34)14-11-23)36-20-31(40-41(5,6)33(2,3)4)26-12-15-30(38)27(19-26)21-37/h7-15,17,19,22,29,31,36-38H,16,18,20-21H2,1-6H3,(H2,35,39)/t22-,29?,31+/m1/s1. The van der Waals surface area contributed by atoms with E-state index in [1.54, 1.807) is 6.07 Å². The van der Waals surface area contributed by atoms with E-state index in [9.17, 15) is 15.0 Å². The van der Waals surface area contributed by atoms with Gasteiger partial charge in [-0.2, -0.15) is 0 Å². The predicted molar refractivity (Wildman–Crippen MR) is 170 cm³/mol. The summed E-state index contributed by atoms with van der Waals surface area (Å²) in [5, 5.41) is 24.1. The summed E-state index contributed by atoms with van der Waals surface area (Å²) in [6, 6.07) is 21.0. The first-order valence-electron chi connectivity index (χ1n) is 14.2. The van der Waals surface area contributed by atoms with Crippen molar-refractivity contribution in [3.05, 3.63) is 99.6 Å². The molecule has 3 rings (SSSR count). The fraction of sp³-hybridized carbons (Fsp3) is 0.424. The van der Waals surface area contributed by atoms with Crippen LogP contribution in [-0.2, 0) is 28.7 Å². The number of aliphatic hydroxyl groups is 1. The van der Waals surface area contributed by atoms with E-state index in [0.717, 1.165) is 28.7 Å². The molecule has 1 unspecified atom stereocenters. The Bertz CT molecular complexity index is 1310. The minimum atomic E-state index is -2.12. The Kier molecular flexibility index (Phi) is 11.2. The van der Waals surface area contributed by atoms with Crippen LogP contribution in [0.3, 0.4) is 0 Å². The maximum Gasteiger partial charge on any atom is 0.225 e. The molecule has 6 nitrogen and oxygen atoms in total. The van der Waals surface area contributed by atoms with Gasteiger partial charge in [0.1, 0.15) is 5.75 Å². The van der Waals surface area contributed by atoms with Crippen LogP contribution in [0, 0.1) is 0 Å². The summed E-state index contributed by atoms with van der Waals surface area (Å²) >= 11 is 6.02. The van der Waals surface area contributed by atoms with E-state index in [1.807, 2.05) is 48.5 Å². The van der Waals surface area contributed by atoms with Gasteiger partial charge in [0, 0.05) is 23.2 Å². The zero-order chi connectivity index (χ0) is 30.4. The van der Waals surface area contributed by atoms with Gasteiger partial charge in [0.15, 0.2) is 8.32 Å². The monoisotopic (exact) mass is 596 g/mol. The minimum Gasteiger partial charge on any atom is -0.508 e. The van der Waals surface area contributed by atoms with Crippen LogP contribution in [0.15, 0.2) is 66.7 Å². The topological polar surface area (TPSA) is 105 Å². The quantitative estimate of drug-likeness (QED) is 0.166. The highest BCUT2D eigenvalue weighted by atomic mass is 35.5. The second kappa shape index (κ2) is 14.0. The Morgan fingerprint density at radius 1 is 1.00 bits per heavy atom. The van der Waals surface area contributed by atoms with Gasteiger partial charge in [-0.1, -0.05) is 74.8 Å². The first kappa shape index (κ1) is 32.8. The molecule has 5 N–H and O–H groups in total. The molecular weight excluding hydrogens is 552 g/mol. The summed E-state index contributed by atoms with van der Waals surface area (Å²) in [5.41, 5.74) is 10.2. The molecule has 3 aromatic carbocycles. The summed E-state index contributed by atoms with van der Waals surface area (Å²) in [7, 11) is -2.12. The zero-order valence-corrected chi connectivity index (χ0v) is 26.8. The van der Waals surface area contributed by atoms with Gasteiger partial charge in [-0.05, 0) is 84.4 Å². The van der Waals surface area contributed by atoms with Crippen molar-refractivity contribution < 1.29 is 19.4 Å². The predicted octanol–water partition coefficient (Wildman–Crippen LogP) is 6.63. The van der Waals surface area contributed by atoms with Gasteiger partial charge in [-0.3, -0.25) is 4.79 Å². The normalized spacial score (nSPS) is 14.4. The molecule has 3 atom stereocenters. The third kappa shape index (κ3) is 9.15. The van der Waals surface area contributed by atoms with Crippen LogP contribution in [0.1, 0.15) is 67.5 Å². The van der Waals surface area contributed by atoms with Gasteiger partial charge in [-0.15, -0.1) is 0 Å². The Balaban J connectivity index is 1.75. The molecule has 0 fully saturated rings. The van der Waals surface area contributed by atoms with E-state index < -0.39 is 14.2 Å². The van der Waals surface area contributed by atoms with Crippen LogP contribution in [0.5, 0.6) is 5.75 Å². The van der Waals surface area contributed by atoms with Gasteiger partial charge in [0.2, 0.25) is 5.91 Å². The maximum atomic E-state index is 12.4. The third-order valence-electron chi connectivity index (χ3n) is 8.13. The molecule has 0 aliphatic heterocycles. The number of rotatable bonds is 13. The van der Waals surface area contributed by atoms with Gasteiger partial charge in [0.05, 0.1) is 18.6 Å². The van der Waals surface area contributed by atoms with E-state index >= 15 is 0 Å². The number of hydrogen-bond donors (Lipinski definition) is 4. The number of aromatic hydroxyl groups is 1. The second-order valence-corrected chi connectivity index (χ2v) is 17.6. The zero-order valence-electron chi connectivity index (χ0n) is 25.1. The van der Waals surface area contributed by atoms with Crippen molar-refractivity contribution >= 4 is 25.8 Å². The van der Waals surface area contributed by atoms with Gasteiger partial charge >= 0.3 is 0 Å². The van der Waals surface area contributed by atoms with Crippen LogP contribution in [-0.4, -0.2) is 37.0 Å². The molecule has 0 heterocycles. The fourth-order valence-corrected chi connectivity index (χ4v) is 6.01. The first-order valence-corrected chi connectivity index (χ1v) is 17.4. The molecule has 0 bridgehead atoms. The summed E-state index contributed by atoms with van der Waals surface area (Å²) in [6.45, 7) is 13.5. The highest BCUT2D eigenvalue weighted by Gasteiger charge is 2.39. The summed E-state index contributed by atoms with van der Waals surface area (Å²) in [4.78, 5) is 12.4. The van der Waals surface area contributed by atoms with Gasteiger partial charge in [0.25, 0.3) is 0 Å². The molecular formula is C33H45ClN2O4Si. The minimum absolute atomic E-state index is 0.0248. The van der Waals surface area contributed by atoms with Crippen molar-refractivity contribution in [3.8, 4) is 5.75 Å². The van der Waals surface area contributed by atoms with Crippen molar-refractivity contribution in [1.29, 1.82) is 0 Å². The Morgan fingerprint density at radius 2 is 1.68 bits per heavy atom. The summed E-state index contributed by atoms with van der Waals surface area (Å²) in [5.74, 6) is -0.712. The van der Waals surface area contributed by atoms with Crippen molar-refractivity contribution in [2.45, 2.75) is 83.3 Å². The summed E-state index contributed by atoms with van der Waals surface area (Å²) < 4.78 is 6.82. The number of amides is 1. The van der Waals surface area contributed by atoms with Crippen LogP contribution < -0.4 is 11.1 Å². The average molecular weight is 597 g/mol. The Labute approximate surface area is 251 Å². The number of carbonyl (C=O) groups excluding carboxylic acids is 1. The van der Waals surface area contributed by atoms with E-state index in [0.29, 0.717) is 23.6 Å². The second-order valence-electron chi connectivity index (χ2n) is 12.5. The van der Waals surface area contributed by atoms with E-state index in [4.69, 9.17) is 21.8 Å². The highest BCUT2D eigenvalue weighted by molar-refractivity contribution is 6.74. The van der Waals surface area contributed by atoms with Gasteiger partial charge < -0.3 is 25.7 Å². The maximum absolute atomic E-state index is 12.4. The SMILES string of the molecule is C[C@H](Cc1cccc(C(Cc2ccc(Cl)cc2)C(N)=O)c1)NC[C@H](O[Si](C)(C)C(C)(C)C)c1ccc(O)c(CO)c1. The molecule has 0 aliphatic carbocycles. The van der Waals surface area contributed by atoms with Crippen molar-refractivity contribution in [2.24, 2.45) is 5.73 Å². The lowest BCUT2D eigenvalue weighted by Gasteiger charge is -2.40. The number of primary amides is 1. The average Bonchev–Trinajstić information content (AvgIpc) is 2.90. The third-order valence-corrected chi connectivity index (χ3v) is 12.9. The fourth-order valence-electron chi connectivity index (χ4n) is 4.60. The van der Waals surface area contributed by atoms with E-state index in [2.05, 4.69) is 58.2 Å². The smallest absolute Gasteiger partial charge is 0.225 e. The largest absolute Gasteiger partial charge is 0.508 e. The van der Waals surface area contributed by atoms with Crippen LogP contribution >= 0.6 is 11.6 Å². The summed E-state index contributed by atoms with van der Waals surface area (Å²) in [6.07, 6.45) is 1.03. The molecule has 0 aliphatic rings. The number of phenols is 1. The molecule has 0 saturated carbocycles. The number of aliphatic hydroxyl groups excluding tert-OH is 1. The number of benzene rings is 3. The molecule has 222 valence electrons. The Morgan fingerprint density at radius 3 is 2.29 bits per heavy atom. The molecule has 41 heavy (non-hydrogen) atoms. The van der Waals surface area contributed by atoms with Crippen LogP contribution in [0.25, 0.3) is 0 Å². The molecule has 0 saturated heterocycles. The van der Waals surface area contributed by atoms with Gasteiger partial charge in [-0.25, -0.2) is 0 Å². The lowest BCUT2D eigenvalue weighted by Crippen LogP contribution is -2.44. The molecule has 0 aromatic heterocycles. The molecule has 3 aromatic rings. The first-order chi connectivity index (χ1) is 19.2. The highest BCUT2D eigenvalue weighted by Crippen LogP contribution is 2.40. The lowest BCUT2D eigenvalue weighted by molar-refractivity contribution is -0.119. The Hall–Kier alpha value is -2.68. The lowest BCUT2D eigenvalue weighted by atomic mass is 9.89. The molecule has 8 heteroatoms. The van der Waals surface area contributed by atoms with Crippen LogP contribution in [0.2, 0.25) is 23.2 Å². The number of nitrogens with one attached hydrogen (secondary N) is 1. The van der Waals surface area contributed by atoms with Crippen molar-refractivity contribution in [3.63, 3.8) is 0 Å². The van der Waals surface area contributed by atoms with E-state index in [1.165, 1.54) is 0 Å².